The van der Waals surface area contributed by atoms with E-state index >= 15 is 0 Å². The summed E-state index contributed by atoms with van der Waals surface area (Å²) < 4.78 is 4.40. The van der Waals surface area contributed by atoms with Crippen LogP contribution in [0.4, 0.5) is 0 Å². The summed E-state index contributed by atoms with van der Waals surface area (Å²) in [5, 5.41) is 34.2. The van der Waals surface area contributed by atoms with Crippen LogP contribution < -0.4 is 0 Å². The predicted molar refractivity (Wildman–Crippen MR) is 200 cm³/mol. The second-order valence-corrected chi connectivity index (χ2v) is 12.3. The Hall–Kier alpha value is -7.39. The van der Waals surface area contributed by atoms with Gasteiger partial charge in [-0.2, -0.15) is 15.8 Å². The number of benzene rings is 7. The van der Waals surface area contributed by atoms with E-state index in [2.05, 4.69) is 88.0 Å². The number of hydrogen-bond donors (Lipinski definition) is 0. The number of hydrogen-bond acceptors (Lipinski definition) is 3. The van der Waals surface area contributed by atoms with Crippen molar-refractivity contribution in [3.8, 4) is 51.8 Å². The molecular formula is C45H25N5. The van der Waals surface area contributed by atoms with Gasteiger partial charge < -0.3 is 9.13 Å². The molecule has 7 aromatic carbocycles. The molecule has 9 aromatic rings. The first-order valence-corrected chi connectivity index (χ1v) is 16.3. The minimum atomic E-state index is 0.564. The molecule has 0 atom stereocenters. The Morgan fingerprint density at radius 2 is 0.900 bits per heavy atom. The van der Waals surface area contributed by atoms with Crippen molar-refractivity contribution in [1.29, 1.82) is 15.8 Å². The summed E-state index contributed by atoms with van der Waals surface area (Å²) in [5.41, 5.74) is 11.4. The Morgan fingerprint density at radius 1 is 0.360 bits per heavy atom. The van der Waals surface area contributed by atoms with Gasteiger partial charge in [-0.3, -0.25) is 0 Å². The molecule has 0 amide bonds. The molecule has 0 aliphatic heterocycles. The summed E-state index contributed by atoms with van der Waals surface area (Å²) in [6, 6.07) is 57.8. The fraction of sp³-hybridized carbons (Fsp3) is 0. The highest BCUT2D eigenvalue weighted by Gasteiger charge is 2.19. The van der Waals surface area contributed by atoms with Crippen molar-refractivity contribution >= 4 is 43.6 Å². The number of nitriles is 3. The fourth-order valence-electron chi connectivity index (χ4n) is 7.37. The maximum absolute atomic E-state index is 10.3. The summed E-state index contributed by atoms with van der Waals surface area (Å²) in [6.45, 7) is 0. The van der Waals surface area contributed by atoms with Gasteiger partial charge in [-0.05, 0) is 89.5 Å². The monoisotopic (exact) mass is 635 g/mol. The molecule has 5 heteroatoms. The van der Waals surface area contributed by atoms with Crippen molar-refractivity contribution in [2.45, 2.75) is 0 Å². The van der Waals surface area contributed by atoms with Gasteiger partial charge in [-0.25, -0.2) is 0 Å². The molecule has 0 N–H and O–H groups in total. The van der Waals surface area contributed by atoms with E-state index in [0.29, 0.717) is 16.7 Å². The smallest absolute Gasteiger partial charge is 0.101 e. The van der Waals surface area contributed by atoms with Gasteiger partial charge in [-0.15, -0.1) is 0 Å². The number of fused-ring (bicyclic) bond motifs is 6. The lowest BCUT2D eigenvalue weighted by Gasteiger charge is -2.16. The van der Waals surface area contributed by atoms with E-state index in [9.17, 15) is 15.8 Å². The zero-order chi connectivity index (χ0) is 33.8. The molecule has 0 saturated carbocycles. The van der Waals surface area contributed by atoms with Crippen molar-refractivity contribution in [1.82, 2.24) is 9.13 Å². The Morgan fingerprint density at radius 3 is 1.56 bits per heavy atom. The molecular weight excluding hydrogens is 611 g/mol. The van der Waals surface area contributed by atoms with Crippen molar-refractivity contribution in [2.75, 3.05) is 0 Å². The van der Waals surface area contributed by atoms with Crippen molar-refractivity contribution in [3.05, 3.63) is 168 Å². The first-order valence-electron chi connectivity index (χ1n) is 16.3. The van der Waals surface area contributed by atoms with Gasteiger partial charge in [-0.1, -0.05) is 78.9 Å². The Bertz CT molecular complexity index is 2920. The van der Waals surface area contributed by atoms with Gasteiger partial charge in [0.15, 0.2) is 0 Å². The lowest BCUT2D eigenvalue weighted by atomic mass is 9.95. The number of nitrogens with zero attached hydrogens (tertiary/aromatic N) is 5. The van der Waals surface area contributed by atoms with Crippen molar-refractivity contribution < 1.29 is 0 Å². The molecule has 0 aliphatic carbocycles. The van der Waals surface area contributed by atoms with Crippen LogP contribution in [0.25, 0.3) is 77.2 Å². The first-order chi connectivity index (χ1) is 24.7. The third-order valence-corrected chi connectivity index (χ3v) is 9.61. The van der Waals surface area contributed by atoms with Gasteiger partial charge in [0, 0.05) is 27.1 Å². The summed E-state index contributed by atoms with van der Waals surface area (Å²) >= 11 is 0. The predicted octanol–water partition coefficient (Wildman–Crippen LogP) is 10.8. The molecule has 0 radical (unpaired) electrons. The number of aromatic nitrogens is 2. The number of rotatable bonds is 4. The van der Waals surface area contributed by atoms with Crippen LogP contribution in [0, 0.1) is 34.0 Å². The molecule has 9 rings (SSSR count). The molecule has 0 aliphatic rings. The molecule has 0 spiro atoms. The molecule has 0 saturated heterocycles. The summed E-state index contributed by atoms with van der Waals surface area (Å²) in [4.78, 5) is 0. The standard InChI is InChI=1S/C45H25N5/c46-26-29-16-20-43(49-42-15-6-3-12-37(42)39-23-30(27-47)17-21-44(39)49)38(22-29)33-9-7-8-31(24-33)32-18-19-34(28-48)45(25-32)50-40-13-4-1-10-35(40)36-11-2-5-14-41(36)50/h1-25H. The Balaban J connectivity index is 1.25. The highest BCUT2D eigenvalue weighted by atomic mass is 15.0. The van der Waals surface area contributed by atoms with Crippen molar-refractivity contribution in [3.63, 3.8) is 0 Å². The second kappa shape index (κ2) is 11.4. The number of para-hydroxylation sites is 3. The minimum absolute atomic E-state index is 0.564. The topological polar surface area (TPSA) is 81.2 Å². The SMILES string of the molecule is N#Cc1ccc(-n2c3ccccc3c3cc(C#N)ccc32)c(-c2cccc(-c3ccc(C#N)c(-n4c5ccccc5c5ccccc54)c3)c2)c1. The minimum Gasteiger partial charge on any atom is -0.309 e. The molecule has 0 fully saturated rings. The maximum atomic E-state index is 10.3. The van der Waals surface area contributed by atoms with E-state index in [0.717, 1.165) is 77.2 Å². The van der Waals surface area contributed by atoms with Crippen LogP contribution in [0.5, 0.6) is 0 Å². The molecule has 2 heterocycles. The lowest BCUT2D eigenvalue weighted by molar-refractivity contribution is 1.17. The molecule has 50 heavy (non-hydrogen) atoms. The van der Waals surface area contributed by atoms with Gasteiger partial charge in [0.1, 0.15) is 6.07 Å². The van der Waals surface area contributed by atoms with Gasteiger partial charge in [0.25, 0.3) is 0 Å². The zero-order valence-corrected chi connectivity index (χ0v) is 26.7. The largest absolute Gasteiger partial charge is 0.309 e. The quantitative estimate of drug-likeness (QED) is 0.193. The van der Waals surface area contributed by atoms with Gasteiger partial charge in [0.05, 0.1) is 62.3 Å². The Labute approximate surface area is 287 Å². The third-order valence-electron chi connectivity index (χ3n) is 9.61. The average molecular weight is 636 g/mol. The van der Waals surface area contributed by atoms with Crippen LogP contribution in [0.15, 0.2) is 152 Å². The highest BCUT2D eigenvalue weighted by Crippen LogP contribution is 2.39. The van der Waals surface area contributed by atoms with E-state index in [-0.39, 0.29) is 0 Å². The van der Waals surface area contributed by atoms with E-state index in [1.807, 2.05) is 91.0 Å². The van der Waals surface area contributed by atoms with Crippen LogP contribution in [-0.4, -0.2) is 9.13 Å². The summed E-state index contributed by atoms with van der Waals surface area (Å²) in [5.74, 6) is 0. The summed E-state index contributed by atoms with van der Waals surface area (Å²) in [6.07, 6.45) is 0. The van der Waals surface area contributed by atoms with Crippen LogP contribution in [0.2, 0.25) is 0 Å². The van der Waals surface area contributed by atoms with Crippen molar-refractivity contribution in [2.24, 2.45) is 0 Å². The fourth-order valence-corrected chi connectivity index (χ4v) is 7.37. The second-order valence-electron chi connectivity index (χ2n) is 12.3. The van der Waals surface area contributed by atoms with Crippen LogP contribution in [0.3, 0.4) is 0 Å². The van der Waals surface area contributed by atoms with Crippen LogP contribution in [-0.2, 0) is 0 Å². The van der Waals surface area contributed by atoms with Crippen LogP contribution >= 0.6 is 0 Å². The molecule has 2 aromatic heterocycles. The van der Waals surface area contributed by atoms with E-state index in [4.69, 9.17) is 0 Å². The molecule has 0 unspecified atom stereocenters. The normalized spacial score (nSPS) is 11.1. The molecule has 0 bridgehead atoms. The molecule has 5 nitrogen and oxygen atoms in total. The zero-order valence-electron chi connectivity index (χ0n) is 26.7. The van der Waals surface area contributed by atoms with E-state index in [1.165, 1.54) is 0 Å². The van der Waals surface area contributed by atoms with Gasteiger partial charge >= 0.3 is 0 Å². The van der Waals surface area contributed by atoms with Crippen LogP contribution in [0.1, 0.15) is 16.7 Å². The lowest BCUT2D eigenvalue weighted by Crippen LogP contribution is -1.99. The summed E-state index contributed by atoms with van der Waals surface area (Å²) in [7, 11) is 0. The third kappa shape index (κ3) is 4.38. The first kappa shape index (κ1) is 28.8. The van der Waals surface area contributed by atoms with E-state index in [1.54, 1.807) is 0 Å². The van der Waals surface area contributed by atoms with Gasteiger partial charge in [0.2, 0.25) is 0 Å². The highest BCUT2D eigenvalue weighted by molar-refractivity contribution is 6.11. The Kier molecular flexibility index (Phi) is 6.56. The maximum Gasteiger partial charge on any atom is 0.101 e. The van der Waals surface area contributed by atoms with E-state index < -0.39 is 0 Å². The average Bonchev–Trinajstić information content (AvgIpc) is 3.70. The molecule has 230 valence electrons.